The first kappa shape index (κ1) is 26.5. The van der Waals surface area contributed by atoms with E-state index in [0.717, 1.165) is 35.0 Å². The molecule has 0 radical (unpaired) electrons. The molecule has 1 aliphatic carbocycles. The monoisotopic (exact) mass is 486 g/mol. The topological polar surface area (TPSA) is 9.23 Å². The molecule has 2 heteroatoms. The molecule has 0 amide bonds. The number of rotatable bonds is 13. The minimum atomic E-state index is -0.146. The second-order valence-corrected chi connectivity index (χ2v) is 10.7. The molecule has 36 heavy (non-hydrogen) atoms. The predicted molar refractivity (Wildman–Crippen MR) is 152 cm³/mol. The normalized spacial score (nSPS) is 17.8. The van der Waals surface area contributed by atoms with Gasteiger partial charge >= 0.3 is 0 Å². The van der Waals surface area contributed by atoms with E-state index in [0.29, 0.717) is 17.6 Å². The van der Waals surface area contributed by atoms with Crippen LogP contribution in [0.3, 0.4) is 0 Å². The third kappa shape index (κ3) is 7.21. The van der Waals surface area contributed by atoms with Gasteiger partial charge in [-0.3, -0.25) is 0 Å². The van der Waals surface area contributed by atoms with E-state index in [4.69, 9.17) is 4.74 Å². The Morgan fingerprint density at radius 3 is 2.31 bits per heavy atom. The highest BCUT2D eigenvalue weighted by Crippen LogP contribution is 2.35. The van der Waals surface area contributed by atoms with Crippen molar-refractivity contribution in [2.45, 2.75) is 84.0 Å². The molecular formula is C34H43FO. The summed E-state index contributed by atoms with van der Waals surface area (Å²) in [5.41, 5.74) is 2.82. The summed E-state index contributed by atoms with van der Waals surface area (Å²) in [5.74, 6) is 2.44. The van der Waals surface area contributed by atoms with Crippen molar-refractivity contribution < 1.29 is 9.13 Å². The summed E-state index contributed by atoms with van der Waals surface area (Å²) in [6.45, 7) is 6.42. The van der Waals surface area contributed by atoms with E-state index < -0.39 is 0 Å². The summed E-state index contributed by atoms with van der Waals surface area (Å²) in [6.07, 6.45) is 18.1. The number of ether oxygens (including phenoxy) is 1. The number of unbranched alkanes of at least 4 members (excludes halogenated alkanes) is 4. The maximum Gasteiger partial charge on any atom is 0.138 e. The molecular weight excluding hydrogens is 443 g/mol. The van der Waals surface area contributed by atoms with E-state index in [-0.39, 0.29) is 5.82 Å². The van der Waals surface area contributed by atoms with Crippen LogP contribution in [0.15, 0.2) is 67.3 Å². The van der Waals surface area contributed by atoms with Gasteiger partial charge in [0, 0.05) is 10.9 Å². The molecule has 192 valence electrons. The van der Waals surface area contributed by atoms with Crippen molar-refractivity contribution in [1.29, 1.82) is 0 Å². The Balaban J connectivity index is 1.30. The molecule has 0 unspecified atom stereocenters. The van der Waals surface area contributed by atoms with Gasteiger partial charge < -0.3 is 4.74 Å². The third-order valence-corrected chi connectivity index (χ3v) is 8.08. The van der Waals surface area contributed by atoms with E-state index in [1.165, 1.54) is 76.2 Å². The first-order valence-corrected chi connectivity index (χ1v) is 14.2. The molecule has 3 aromatic carbocycles. The molecule has 0 aromatic heterocycles. The Morgan fingerprint density at radius 2 is 1.58 bits per heavy atom. The zero-order valence-corrected chi connectivity index (χ0v) is 22.1. The van der Waals surface area contributed by atoms with E-state index >= 15 is 4.39 Å². The van der Waals surface area contributed by atoms with E-state index in [2.05, 4.69) is 31.7 Å². The maximum atomic E-state index is 15.4. The Hall–Kier alpha value is -2.61. The van der Waals surface area contributed by atoms with Crippen LogP contribution >= 0.6 is 0 Å². The van der Waals surface area contributed by atoms with Gasteiger partial charge in [-0.05, 0) is 53.3 Å². The minimum absolute atomic E-state index is 0.146. The first-order valence-electron chi connectivity index (χ1n) is 14.2. The van der Waals surface area contributed by atoms with Crippen LogP contribution in [0.4, 0.5) is 4.39 Å². The maximum absolute atomic E-state index is 15.4. The number of halogens is 1. The molecule has 4 rings (SSSR count). The van der Waals surface area contributed by atoms with Crippen LogP contribution in [0.25, 0.3) is 21.9 Å². The lowest BCUT2D eigenvalue weighted by molar-refractivity contribution is 0.249. The van der Waals surface area contributed by atoms with Crippen LogP contribution < -0.4 is 4.74 Å². The van der Waals surface area contributed by atoms with E-state index in [1.807, 2.05) is 36.4 Å². The lowest BCUT2D eigenvalue weighted by atomic mass is 9.77. The van der Waals surface area contributed by atoms with Crippen LogP contribution in [0, 0.1) is 17.7 Å². The predicted octanol–water partition coefficient (Wildman–Crippen LogP) is 10.3. The molecule has 0 N–H and O–H groups in total. The van der Waals surface area contributed by atoms with Crippen molar-refractivity contribution >= 4 is 10.8 Å². The molecule has 0 saturated heterocycles. The number of hydrogen-bond donors (Lipinski definition) is 0. The van der Waals surface area contributed by atoms with Gasteiger partial charge in [0.05, 0.1) is 0 Å². The van der Waals surface area contributed by atoms with Crippen molar-refractivity contribution in [3.05, 3.63) is 78.6 Å². The minimum Gasteiger partial charge on any atom is -0.490 e. The quantitative estimate of drug-likeness (QED) is 0.172. The average molecular weight is 487 g/mol. The Labute approximate surface area is 217 Å². The SMILES string of the molecule is C=CCOc1ccc(-c2ccc3cc(CCC4CCC(CCCCCCC)CC4)ccc3c2F)cc1. The van der Waals surface area contributed by atoms with Gasteiger partial charge in [0.15, 0.2) is 0 Å². The summed E-state index contributed by atoms with van der Waals surface area (Å²) in [4.78, 5) is 0. The van der Waals surface area contributed by atoms with Gasteiger partial charge in [0.1, 0.15) is 18.2 Å². The van der Waals surface area contributed by atoms with Gasteiger partial charge in [-0.25, -0.2) is 4.39 Å². The average Bonchev–Trinajstić information content (AvgIpc) is 2.92. The molecule has 1 saturated carbocycles. The summed E-state index contributed by atoms with van der Waals surface area (Å²) >= 11 is 0. The largest absolute Gasteiger partial charge is 0.490 e. The second-order valence-electron chi connectivity index (χ2n) is 10.7. The summed E-state index contributed by atoms with van der Waals surface area (Å²) in [6, 6.07) is 17.9. The smallest absolute Gasteiger partial charge is 0.138 e. The fourth-order valence-electron chi connectivity index (χ4n) is 5.82. The number of benzene rings is 3. The second kappa shape index (κ2) is 13.6. The molecule has 1 fully saturated rings. The number of aryl methyl sites for hydroxylation is 1. The van der Waals surface area contributed by atoms with Crippen LogP contribution in [0.2, 0.25) is 0 Å². The van der Waals surface area contributed by atoms with Gasteiger partial charge in [0.2, 0.25) is 0 Å². The Kier molecular flexibility index (Phi) is 10.0. The molecule has 0 bridgehead atoms. The fourth-order valence-corrected chi connectivity index (χ4v) is 5.82. The van der Waals surface area contributed by atoms with Crippen molar-refractivity contribution in [1.82, 2.24) is 0 Å². The molecule has 1 aliphatic rings. The highest BCUT2D eigenvalue weighted by molar-refractivity contribution is 5.88. The Bertz CT molecular complexity index is 1090. The summed E-state index contributed by atoms with van der Waals surface area (Å²) in [7, 11) is 0. The lowest BCUT2D eigenvalue weighted by Crippen LogP contribution is -2.15. The molecule has 0 spiro atoms. The van der Waals surface area contributed by atoms with Gasteiger partial charge in [-0.15, -0.1) is 0 Å². The molecule has 0 heterocycles. The molecule has 0 aliphatic heterocycles. The fraction of sp³-hybridized carbons (Fsp3) is 0.471. The van der Waals surface area contributed by atoms with Crippen LogP contribution in [-0.4, -0.2) is 6.61 Å². The van der Waals surface area contributed by atoms with Gasteiger partial charge in [-0.2, -0.15) is 0 Å². The van der Waals surface area contributed by atoms with Crippen LogP contribution in [0.5, 0.6) is 5.75 Å². The number of hydrogen-bond acceptors (Lipinski definition) is 1. The molecule has 3 aromatic rings. The Morgan fingerprint density at radius 1 is 0.861 bits per heavy atom. The van der Waals surface area contributed by atoms with E-state index in [9.17, 15) is 0 Å². The van der Waals surface area contributed by atoms with Gasteiger partial charge in [-0.1, -0.05) is 126 Å². The van der Waals surface area contributed by atoms with Crippen molar-refractivity contribution in [2.75, 3.05) is 6.61 Å². The summed E-state index contributed by atoms with van der Waals surface area (Å²) < 4.78 is 21.0. The number of fused-ring (bicyclic) bond motifs is 1. The highest BCUT2D eigenvalue weighted by atomic mass is 19.1. The first-order chi connectivity index (χ1) is 17.7. The van der Waals surface area contributed by atoms with Gasteiger partial charge in [0.25, 0.3) is 0 Å². The van der Waals surface area contributed by atoms with Crippen molar-refractivity contribution in [3.8, 4) is 16.9 Å². The van der Waals surface area contributed by atoms with Crippen molar-refractivity contribution in [3.63, 3.8) is 0 Å². The molecule has 0 atom stereocenters. The standard InChI is InChI=1S/C34H43FO/c1-3-5-6-7-8-9-26-10-12-27(13-11-26)14-15-28-16-22-33-30(25-28)19-23-32(34(33)35)29-17-20-31(21-18-29)36-24-4-2/h4,16-23,25-27H,2-3,5-15,24H2,1H3. The summed E-state index contributed by atoms with van der Waals surface area (Å²) in [5, 5.41) is 1.69. The van der Waals surface area contributed by atoms with Crippen LogP contribution in [-0.2, 0) is 6.42 Å². The van der Waals surface area contributed by atoms with Crippen LogP contribution in [0.1, 0.15) is 83.1 Å². The van der Waals surface area contributed by atoms with E-state index in [1.54, 1.807) is 6.08 Å². The highest BCUT2D eigenvalue weighted by Gasteiger charge is 2.21. The zero-order chi connectivity index (χ0) is 25.2. The lowest BCUT2D eigenvalue weighted by Gasteiger charge is -2.28. The molecule has 1 nitrogen and oxygen atoms in total. The third-order valence-electron chi connectivity index (χ3n) is 8.08. The zero-order valence-electron chi connectivity index (χ0n) is 22.1. The van der Waals surface area contributed by atoms with Crippen molar-refractivity contribution in [2.24, 2.45) is 11.8 Å².